The van der Waals surface area contributed by atoms with E-state index in [1.54, 1.807) is 4.90 Å². The van der Waals surface area contributed by atoms with E-state index in [2.05, 4.69) is 0 Å². The first-order valence-electron chi connectivity index (χ1n) is 4.61. The van der Waals surface area contributed by atoms with E-state index in [1.165, 1.54) is 6.92 Å². The summed E-state index contributed by atoms with van der Waals surface area (Å²) in [6.07, 6.45) is -2.18. The van der Waals surface area contributed by atoms with E-state index in [0.29, 0.717) is 19.6 Å². The molecule has 82 valence electrons. The summed E-state index contributed by atoms with van der Waals surface area (Å²) in [6, 6.07) is 0. The summed E-state index contributed by atoms with van der Waals surface area (Å²) in [5.41, 5.74) is 0. The predicted octanol–water partition coefficient (Wildman–Crippen LogP) is -1.26. The van der Waals surface area contributed by atoms with Gasteiger partial charge in [-0.05, 0) is 6.54 Å². The minimum atomic E-state index is -1.17. The first-order chi connectivity index (χ1) is 6.56. The highest BCUT2D eigenvalue weighted by Gasteiger charge is 2.35. The van der Waals surface area contributed by atoms with Crippen molar-refractivity contribution in [3.63, 3.8) is 0 Å². The van der Waals surface area contributed by atoms with Crippen LogP contribution in [-0.4, -0.2) is 58.2 Å². The van der Waals surface area contributed by atoms with Gasteiger partial charge in [0.15, 0.2) is 6.23 Å². The number of likely N-dealkylation sites (N-methyl/N-ethyl adjacent to an activating group) is 1. The summed E-state index contributed by atoms with van der Waals surface area (Å²) >= 11 is 0. The van der Waals surface area contributed by atoms with Crippen LogP contribution in [0.15, 0.2) is 0 Å². The molecule has 0 aromatic carbocycles. The third kappa shape index (κ3) is 2.42. The number of hydrogen-bond donors (Lipinski definition) is 2. The lowest BCUT2D eigenvalue weighted by atomic mass is 10.3. The molecule has 1 heterocycles. The maximum absolute atomic E-state index is 10.6. The summed E-state index contributed by atoms with van der Waals surface area (Å²) in [6.45, 7) is 4.74. The van der Waals surface area contributed by atoms with Gasteiger partial charge in [0.1, 0.15) is 6.23 Å². The van der Waals surface area contributed by atoms with Crippen LogP contribution in [0.3, 0.4) is 0 Å². The average molecular weight is 204 g/mol. The Balaban J connectivity index is 2.54. The Bertz CT molecular complexity index is 212. The number of carbonyl (C=O) groups is 1. The summed E-state index contributed by atoms with van der Waals surface area (Å²) in [5.74, 6) is -0.499. The van der Waals surface area contributed by atoms with Gasteiger partial charge in [-0.3, -0.25) is 9.69 Å². The van der Waals surface area contributed by atoms with E-state index < -0.39 is 18.4 Å². The number of hydroxylamine groups is 2. The Morgan fingerprint density at radius 3 is 2.57 bits per heavy atom. The molecule has 0 aromatic heterocycles. The molecule has 14 heavy (non-hydrogen) atoms. The zero-order valence-electron chi connectivity index (χ0n) is 8.38. The predicted molar refractivity (Wildman–Crippen MR) is 47.7 cm³/mol. The van der Waals surface area contributed by atoms with Crippen LogP contribution in [-0.2, 0) is 9.63 Å². The number of nitrogens with zero attached hydrogens (tertiary/aromatic N) is 2. The Labute approximate surface area is 82.6 Å². The molecule has 1 aliphatic rings. The lowest BCUT2D eigenvalue weighted by Crippen LogP contribution is -2.59. The van der Waals surface area contributed by atoms with Crippen molar-refractivity contribution in [3.8, 4) is 0 Å². The van der Waals surface area contributed by atoms with Gasteiger partial charge in [0.05, 0.1) is 6.54 Å². The molecule has 0 amide bonds. The number of carbonyl (C=O) groups excluding carboxylic acids is 1. The molecule has 1 saturated heterocycles. The Morgan fingerprint density at radius 1 is 1.43 bits per heavy atom. The number of piperazine rings is 1. The van der Waals surface area contributed by atoms with Crippen molar-refractivity contribution in [2.24, 2.45) is 0 Å². The first-order valence-corrected chi connectivity index (χ1v) is 4.61. The fourth-order valence-corrected chi connectivity index (χ4v) is 1.44. The van der Waals surface area contributed by atoms with Crippen molar-refractivity contribution in [1.82, 2.24) is 9.96 Å². The molecule has 1 rings (SSSR count). The van der Waals surface area contributed by atoms with Gasteiger partial charge in [0.25, 0.3) is 0 Å². The van der Waals surface area contributed by atoms with Crippen LogP contribution >= 0.6 is 0 Å². The van der Waals surface area contributed by atoms with E-state index in [1.807, 2.05) is 6.92 Å². The quantitative estimate of drug-likeness (QED) is 0.585. The standard InChI is InChI=1S/C8H16N2O4/c1-3-9-4-5-10(14-6(2)11)8(13)7(9)12/h7-8,12-13H,3-5H2,1-2H3. The smallest absolute Gasteiger partial charge is 0.322 e. The number of hydrogen-bond acceptors (Lipinski definition) is 6. The fraction of sp³-hybridized carbons (Fsp3) is 0.875. The van der Waals surface area contributed by atoms with Gasteiger partial charge in [-0.2, -0.15) is 0 Å². The normalized spacial score (nSPS) is 30.3. The average Bonchev–Trinajstić information content (AvgIpc) is 2.13. The van der Waals surface area contributed by atoms with E-state index in [9.17, 15) is 15.0 Å². The largest absolute Gasteiger partial charge is 0.374 e. The zero-order chi connectivity index (χ0) is 10.7. The van der Waals surface area contributed by atoms with E-state index >= 15 is 0 Å². The van der Waals surface area contributed by atoms with E-state index in [4.69, 9.17) is 4.84 Å². The molecule has 1 aliphatic heterocycles. The molecule has 0 spiro atoms. The van der Waals surface area contributed by atoms with Gasteiger partial charge >= 0.3 is 5.97 Å². The molecule has 0 saturated carbocycles. The van der Waals surface area contributed by atoms with E-state index in [0.717, 1.165) is 5.06 Å². The number of rotatable bonds is 2. The van der Waals surface area contributed by atoms with Gasteiger partial charge in [0.2, 0.25) is 0 Å². The maximum Gasteiger partial charge on any atom is 0.322 e. The van der Waals surface area contributed by atoms with Crippen LogP contribution in [0, 0.1) is 0 Å². The SMILES string of the molecule is CCN1CCN(OC(C)=O)C(O)C1O. The summed E-state index contributed by atoms with van der Waals surface area (Å²) in [7, 11) is 0. The monoisotopic (exact) mass is 204 g/mol. The second-order valence-electron chi connectivity index (χ2n) is 3.18. The lowest BCUT2D eigenvalue weighted by Gasteiger charge is -2.40. The van der Waals surface area contributed by atoms with Crippen molar-refractivity contribution in [2.75, 3.05) is 19.6 Å². The van der Waals surface area contributed by atoms with Crippen LogP contribution in [0.1, 0.15) is 13.8 Å². The molecule has 6 nitrogen and oxygen atoms in total. The molecule has 0 aromatic rings. The Kier molecular flexibility index (Phi) is 3.82. The van der Waals surface area contributed by atoms with Gasteiger partial charge in [0, 0.05) is 13.5 Å². The molecule has 1 fully saturated rings. The van der Waals surface area contributed by atoms with Crippen LogP contribution in [0.2, 0.25) is 0 Å². The molecule has 0 bridgehead atoms. The van der Waals surface area contributed by atoms with Crippen molar-refractivity contribution < 1.29 is 19.8 Å². The lowest BCUT2D eigenvalue weighted by molar-refractivity contribution is -0.288. The van der Waals surface area contributed by atoms with Crippen LogP contribution in [0.4, 0.5) is 0 Å². The number of aliphatic hydroxyl groups is 2. The topological polar surface area (TPSA) is 73.2 Å². The van der Waals surface area contributed by atoms with Crippen LogP contribution in [0.25, 0.3) is 0 Å². The maximum atomic E-state index is 10.6. The summed E-state index contributed by atoms with van der Waals surface area (Å²) in [4.78, 5) is 17.1. The van der Waals surface area contributed by atoms with Gasteiger partial charge < -0.3 is 15.1 Å². The Hall–Kier alpha value is -0.690. The van der Waals surface area contributed by atoms with Crippen LogP contribution < -0.4 is 0 Å². The van der Waals surface area contributed by atoms with Crippen molar-refractivity contribution >= 4 is 5.97 Å². The molecular formula is C8H16N2O4. The molecule has 2 atom stereocenters. The first kappa shape index (κ1) is 11.4. The third-order valence-electron chi connectivity index (χ3n) is 2.20. The molecule has 2 unspecified atom stereocenters. The molecule has 2 N–H and O–H groups in total. The molecule has 0 radical (unpaired) electrons. The third-order valence-corrected chi connectivity index (χ3v) is 2.20. The van der Waals surface area contributed by atoms with Gasteiger partial charge in [-0.25, -0.2) is 0 Å². The fourth-order valence-electron chi connectivity index (χ4n) is 1.44. The minimum absolute atomic E-state index is 0.394. The highest BCUT2D eigenvalue weighted by atomic mass is 16.7. The molecule has 6 heteroatoms. The highest BCUT2D eigenvalue weighted by Crippen LogP contribution is 2.13. The Morgan fingerprint density at radius 2 is 2.07 bits per heavy atom. The summed E-state index contributed by atoms with van der Waals surface area (Å²) in [5, 5.41) is 20.2. The second-order valence-corrected chi connectivity index (χ2v) is 3.18. The van der Waals surface area contributed by atoms with Gasteiger partial charge in [-0.15, -0.1) is 5.06 Å². The zero-order valence-corrected chi connectivity index (χ0v) is 8.38. The molecular weight excluding hydrogens is 188 g/mol. The molecule has 0 aliphatic carbocycles. The van der Waals surface area contributed by atoms with Crippen molar-refractivity contribution in [1.29, 1.82) is 0 Å². The van der Waals surface area contributed by atoms with Crippen LogP contribution in [0.5, 0.6) is 0 Å². The second kappa shape index (κ2) is 4.70. The number of aliphatic hydroxyl groups excluding tert-OH is 2. The van der Waals surface area contributed by atoms with Gasteiger partial charge in [-0.1, -0.05) is 6.92 Å². The van der Waals surface area contributed by atoms with Crippen molar-refractivity contribution in [2.45, 2.75) is 26.3 Å². The summed E-state index contributed by atoms with van der Waals surface area (Å²) < 4.78 is 0. The highest BCUT2D eigenvalue weighted by molar-refractivity contribution is 5.65. The van der Waals surface area contributed by atoms with E-state index in [-0.39, 0.29) is 0 Å². The minimum Gasteiger partial charge on any atom is -0.374 e. The van der Waals surface area contributed by atoms with Crippen molar-refractivity contribution in [3.05, 3.63) is 0 Å².